The maximum Gasteiger partial charge on any atom is 0.453 e. The summed E-state index contributed by atoms with van der Waals surface area (Å²) in [5, 5.41) is 3.62. The number of rotatable bonds is 6. The van der Waals surface area contributed by atoms with Crippen LogP contribution >= 0.6 is 0 Å². The zero-order chi connectivity index (χ0) is 21.2. The number of esters is 1. The number of carbonyl (C=O) groups excluding carboxylic acids is 1. The standard InChI is InChI=1S/C19H20F3N5O2/c1-12(16(28)29-3)10-26(11-14-7-5-4-6-8-14)15-9-13(2)23-18-24-17(19(20,21)22)25-27(15)18/h4-9,12H,10-11H2,1-3H3/t12-/m1/s1. The molecule has 0 unspecified atom stereocenters. The third kappa shape index (κ3) is 4.64. The van der Waals surface area contributed by atoms with E-state index in [1.165, 1.54) is 7.11 Å². The van der Waals surface area contributed by atoms with Crippen LogP contribution in [0.25, 0.3) is 5.78 Å². The number of alkyl halides is 3. The Morgan fingerprint density at radius 1 is 1.24 bits per heavy atom. The molecule has 0 amide bonds. The molecule has 10 heteroatoms. The molecule has 1 aromatic carbocycles. The Morgan fingerprint density at radius 3 is 2.55 bits per heavy atom. The molecule has 0 bridgehead atoms. The number of nitrogens with zero attached hydrogens (tertiary/aromatic N) is 5. The first kappa shape index (κ1) is 20.6. The van der Waals surface area contributed by atoms with Crippen LogP contribution in [0.5, 0.6) is 0 Å². The molecule has 2 heterocycles. The lowest BCUT2D eigenvalue weighted by Crippen LogP contribution is -2.33. The summed E-state index contributed by atoms with van der Waals surface area (Å²) in [6.45, 7) is 3.91. The quantitative estimate of drug-likeness (QED) is 0.584. The minimum absolute atomic E-state index is 0.156. The van der Waals surface area contributed by atoms with Gasteiger partial charge >= 0.3 is 12.1 Å². The highest BCUT2D eigenvalue weighted by Gasteiger charge is 2.37. The molecule has 2 aromatic heterocycles. The lowest BCUT2D eigenvalue weighted by atomic mass is 10.1. The first-order valence-electron chi connectivity index (χ1n) is 8.87. The van der Waals surface area contributed by atoms with Crippen molar-refractivity contribution in [2.45, 2.75) is 26.6 Å². The van der Waals surface area contributed by atoms with E-state index in [2.05, 4.69) is 15.1 Å². The minimum atomic E-state index is -4.69. The van der Waals surface area contributed by atoms with Crippen LogP contribution in [-0.2, 0) is 22.3 Å². The normalized spacial score (nSPS) is 12.8. The van der Waals surface area contributed by atoms with Gasteiger partial charge in [0.05, 0.1) is 13.0 Å². The molecule has 0 aliphatic carbocycles. The summed E-state index contributed by atoms with van der Waals surface area (Å²) in [5.41, 5.74) is 1.40. The van der Waals surface area contributed by atoms with Crippen molar-refractivity contribution in [2.75, 3.05) is 18.6 Å². The van der Waals surface area contributed by atoms with Gasteiger partial charge in [-0.25, -0.2) is 4.98 Å². The monoisotopic (exact) mass is 407 g/mol. The van der Waals surface area contributed by atoms with Crippen molar-refractivity contribution in [3.63, 3.8) is 0 Å². The van der Waals surface area contributed by atoms with E-state index in [-0.39, 0.29) is 12.3 Å². The fraction of sp³-hybridized carbons (Fsp3) is 0.368. The van der Waals surface area contributed by atoms with Crippen molar-refractivity contribution in [1.29, 1.82) is 0 Å². The Morgan fingerprint density at radius 2 is 1.93 bits per heavy atom. The van der Waals surface area contributed by atoms with Crippen LogP contribution in [0.2, 0.25) is 0 Å². The third-order valence-corrected chi connectivity index (χ3v) is 4.31. The molecule has 0 saturated heterocycles. The second-order valence-corrected chi connectivity index (χ2v) is 6.69. The molecular weight excluding hydrogens is 387 g/mol. The summed E-state index contributed by atoms with van der Waals surface area (Å²) >= 11 is 0. The van der Waals surface area contributed by atoms with Gasteiger partial charge in [0, 0.05) is 24.8 Å². The van der Waals surface area contributed by atoms with Gasteiger partial charge in [-0.2, -0.15) is 22.7 Å². The Labute approximate surface area is 165 Å². The maximum atomic E-state index is 13.1. The molecule has 1 atom stereocenters. The van der Waals surface area contributed by atoms with Crippen LogP contribution in [-0.4, -0.2) is 39.2 Å². The maximum absolute atomic E-state index is 13.1. The fourth-order valence-corrected chi connectivity index (χ4v) is 2.96. The molecule has 3 aromatic rings. The average Bonchev–Trinajstić information content (AvgIpc) is 3.11. The van der Waals surface area contributed by atoms with Gasteiger partial charge in [-0.05, 0) is 12.5 Å². The Balaban J connectivity index is 2.09. The number of hydrogen-bond donors (Lipinski definition) is 0. The van der Waals surface area contributed by atoms with Crippen molar-refractivity contribution in [3.8, 4) is 0 Å². The molecule has 0 N–H and O–H groups in total. The SMILES string of the molecule is COC(=O)[C@H](C)CN(Cc1ccccc1)c1cc(C)nc2nc(C(F)(F)F)nn12. The van der Waals surface area contributed by atoms with Crippen molar-refractivity contribution >= 4 is 17.6 Å². The molecule has 0 aliphatic rings. The summed E-state index contributed by atoms with van der Waals surface area (Å²) < 4.78 is 45.2. The second kappa shape index (κ2) is 8.06. The number of fused-ring (bicyclic) bond motifs is 1. The van der Waals surface area contributed by atoms with Crippen LogP contribution in [0.4, 0.5) is 19.0 Å². The first-order valence-corrected chi connectivity index (χ1v) is 8.87. The number of aromatic nitrogens is 4. The zero-order valence-electron chi connectivity index (χ0n) is 16.1. The van der Waals surface area contributed by atoms with E-state index in [0.717, 1.165) is 10.1 Å². The Bertz CT molecular complexity index is 1000. The van der Waals surface area contributed by atoms with E-state index < -0.39 is 23.9 Å². The highest BCUT2D eigenvalue weighted by Crippen LogP contribution is 2.28. The molecule has 0 saturated carbocycles. The van der Waals surface area contributed by atoms with Gasteiger partial charge in [-0.1, -0.05) is 37.3 Å². The number of anilines is 1. The number of halogens is 3. The minimum Gasteiger partial charge on any atom is -0.469 e. The van der Waals surface area contributed by atoms with Gasteiger partial charge in [0.2, 0.25) is 0 Å². The third-order valence-electron chi connectivity index (χ3n) is 4.31. The summed E-state index contributed by atoms with van der Waals surface area (Å²) in [6, 6.07) is 11.0. The van der Waals surface area contributed by atoms with Gasteiger partial charge in [0.25, 0.3) is 11.6 Å². The largest absolute Gasteiger partial charge is 0.469 e. The summed E-state index contributed by atoms with van der Waals surface area (Å²) in [4.78, 5) is 21.3. The number of ether oxygens (including phenoxy) is 1. The predicted molar refractivity (Wildman–Crippen MR) is 99.2 cm³/mol. The van der Waals surface area contributed by atoms with Crippen LogP contribution < -0.4 is 4.90 Å². The number of benzene rings is 1. The topological polar surface area (TPSA) is 72.6 Å². The van der Waals surface area contributed by atoms with Crippen molar-refractivity contribution in [2.24, 2.45) is 5.92 Å². The van der Waals surface area contributed by atoms with Crippen LogP contribution in [0, 0.1) is 12.8 Å². The van der Waals surface area contributed by atoms with Gasteiger partial charge in [-0.3, -0.25) is 4.79 Å². The summed E-state index contributed by atoms with van der Waals surface area (Å²) in [5.74, 6) is -2.00. The summed E-state index contributed by atoms with van der Waals surface area (Å²) in [7, 11) is 1.29. The smallest absolute Gasteiger partial charge is 0.453 e. The molecule has 0 fully saturated rings. The highest BCUT2D eigenvalue weighted by atomic mass is 19.4. The molecule has 7 nitrogen and oxygen atoms in total. The Kier molecular flexibility index (Phi) is 5.71. The van der Waals surface area contributed by atoms with E-state index >= 15 is 0 Å². The molecule has 0 aliphatic heterocycles. The van der Waals surface area contributed by atoms with Gasteiger partial charge in [-0.15, -0.1) is 5.10 Å². The van der Waals surface area contributed by atoms with Gasteiger partial charge in [0.1, 0.15) is 5.82 Å². The van der Waals surface area contributed by atoms with Crippen molar-refractivity contribution in [1.82, 2.24) is 19.6 Å². The number of methoxy groups -OCH3 is 1. The van der Waals surface area contributed by atoms with E-state index in [1.807, 2.05) is 30.3 Å². The number of aryl methyl sites for hydroxylation is 1. The van der Waals surface area contributed by atoms with E-state index in [4.69, 9.17) is 4.74 Å². The highest BCUT2D eigenvalue weighted by molar-refractivity contribution is 5.72. The molecule has 0 radical (unpaired) electrons. The number of carbonyl (C=O) groups is 1. The fourth-order valence-electron chi connectivity index (χ4n) is 2.96. The van der Waals surface area contributed by atoms with Gasteiger partial charge < -0.3 is 9.64 Å². The second-order valence-electron chi connectivity index (χ2n) is 6.69. The zero-order valence-corrected chi connectivity index (χ0v) is 16.1. The average molecular weight is 407 g/mol. The van der Waals surface area contributed by atoms with Gasteiger partial charge in [0.15, 0.2) is 0 Å². The van der Waals surface area contributed by atoms with Crippen LogP contribution in [0.1, 0.15) is 24.0 Å². The van der Waals surface area contributed by atoms with E-state index in [1.54, 1.807) is 24.8 Å². The lowest BCUT2D eigenvalue weighted by Gasteiger charge is -2.27. The van der Waals surface area contributed by atoms with E-state index in [9.17, 15) is 18.0 Å². The Hall–Kier alpha value is -3.17. The molecule has 29 heavy (non-hydrogen) atoms. The van der Waals surface area contributed by atoms with Crippen molar-refractivity contribution < 1.29 is 22.7 Å². The molecule has 154 valence electrons. The van der Waals surface area contributed by atoms with Crippen molar-refractivity contribution in [3.05, 3.63) is 53.5 Å². The molecular formula is C19H20F3N5O2. The first-order chi connectivity index (χ1) is 13.7. The summed E-state index contributed by atoms with van der Waals surface area (Å²) in [6.07, 6.45) is -4.69. The molecule has 3 rings (SSSR count). The predicted octanol–water partition coefficient (Wildman–Crippen LogP) is 3.27. The van der Waals surface area contributed by atoms with Crippen LogP contribution in [0.3, 0.4) is 0 Å². The molecule has 0 spiro atoms. The number of hydrogen-bond acceptors (Lipinski definition) is 6. The lowest BCUT2D eigenvalue weighted by molar-refractivity contribution is -0.145. The van der Waals surface area contributed by atoms with Crippen LogP contribution in [0.15, 0.2) is 36.4 Å². The van der Waals surface area contributed by atoms with E-state index in [0.29, 0.717) is 18.1 Å².